The highest BCUT2D eigenvalue weighted by Gasteiger charge is 2.23. The van der Waals surface area contributed by atoms with E-state index in [2.05, 4.69) is 35.7 Å². The molecule has 0 spiro atoms. The van der Waals surface area contributed by atoms with E-state index >= 15 is 0 Å². The van der Waals surface area contributed by atoms with Crippen LogP contribution in [0.25, 0.3) is 0 Å². The van der Waals surface area contributed by atoms with E-state index < -0.39 is 0 Å². The highest BCUT2D eigenvalue weighted by molar-refractivity contribution is 5.13. The highest BCUT2D eigenvalue weighted by atomic mass is 16.5. The zero-order valence-corrected chi connectivity index (χ0v) is 10.3. The topological polar surface area (TPSA) is 12.5 Å². The molecular weight excluding hydrogens is 210 g/mol. The predicted molar refractivity (Wildman–Crippen MR) is 70.9 cm³/mol. The molecule has 0 bridgehead atoms. The molecule has 1 aromatic rings. The number of ether oxygens (including phenoxy) is 1. The van der Waals surface area contributed by atoms with E-state index in [1.54, 1.807) is 0 Å². The summed E-state index contributed by atoms with van der Waals surface area (Å²) in [4.78, 5) is 2.46. The van der Waals surface area contributed by atoms with Gasteiger partial charge in [-0.3, -0.25) is 4.90 Å². The normalized spacial score (nSPS) is 20.6. The van der Waals surface area contributed by atoms with Gasteiger partial charge in [-0.1, -0.05) is 36.4 Å². The third-order valence-corrected chi connectivity index (χ3v) is 3.28. The number of hydrogen-bond acceptors (Lipinski definition) is 2. The molecule has 1 aliphatic rings. The van der Waals surface area contributed by atoms with Crippen LogP contribution < -0.4 is 0 Å². The van der Waals surface area contributed by atoms with E-state index in [1.165, 1.54) is 24.9 Å². The van der Waals surface area contributed by atoms with Crippen molar-refractivity contribution in [3.63, 3.8) is 0 Å². The molecule has 17 heavy (non-hydrogen) atoms. The standard InChI is InChI=1S/C15H21NO/c1-2-10-16-11-6-9-15(16)13-17-12-14-7-4-3-5-8-14/h2-5,7-8,15H,1,6,9-13H2/t15-/m0/s1. The lowest BCUT2D eigenvalue weighted by Gasteiger charge is -2.22. The first-order valence-electron chi connectivity index (χ1n) is 6.37. The quantitative estimate of drug-likeness (QED) is 0.698. The minimum absolute atomic E-state index is 0.580. The van der Waals surface area contributed by atoms with Crippen molar-refractivity contribution < 1.29 is 4.74 Å². The molecule has 1 aliphatic heterocycles. The summed E-state index contributed by atoms with van der Waals surface area (Å²) in [5.41, 5.74) is 1.25. The van der Waals surface area contributed by atoms with Gasteiger partial charge in [-0.05, 0) is 24.9 Å². The van der Waals surface area contributed by atoms with E-state index in [1.807, 2.05) is 12.1 Å². The van der Waals surface area contributed by atoms with Gasteiger partial charge in [0.05, 0.1) is 13.2 Å². The van der Waals surface area contributed by atoms with E-state index in [0.29, 0.717) is 6.04 Å². The zero-order valence-electron chi connectivity index (χ0n) is 10.3. The molecule has 0 unspecified atom stereocenters. The Hall–Kier alpha value is -1.12. The van der Waals surface area contributed by atoms with Crippen molar-refractivity contribution in [1.82, 2.24) is 4.90 Å². The number of likely N-dealkylation sites (tertiary alicyclic amines) is 1. The number of hydrogen-bond donors (Lipinski definition) is 0. The van der Waals surface area contributed by atoms with Gasteiger partial charge in [-0.15, -0.1) is 6.58 Å². The third kappa shape index (κ3) is 3.69. The number of nitrogens with zero attached hydrogens (tertiary/aromatic N) is 1. The molecule has 0 radical (unpaired) electrons. The predicted octanol–water partition coefficient (Wildman–Crippen LogP) is 2.85. The molecule has 1 atom stereocenters. The Kier molecular flexibility index (Phi) is 4.77. The third-order valence-electron chi connectivity index (χ3n) is 3.28. The van der Waals surface area contributed by atoms with Crippen molar-refractivity contribution in [3.8, 4) is 0 Å². The fraction of sp³-hybridized carbons (Fsp3) is 0.467. The van der Waals surface area contributed by atoms with Crippen molar-refractivity contribution in [1.29, 1.82) is 0 Å². The lowest BCUT2D eigenvalue weighted by Crippen LogP contribution is -2.33. The molecule has 0 aliphatic carbocycles. The van der Waals surface area contributed by atoms with Crippen molar-refractivity contribution >= 4 is 0 Å². The SMILES string of the molecule is C=CCN1CCC[C@H]1COCc1ccccc1. The lowest BCUT2D eigenvalue weighted by molar-refractivity contribution is 0.0706. The van der Waals surface area contributed by atoms with Crippen LogP contribution in [0.15, 0.2) is 43.0 Å². The molecule has 1 saturated heterocycles. The maximum Gasteiger partial charge on any atom is 0.0717 e. The molecular formula is C15H21NO. The van der Waals surface area contributed by atoms with Gasteiger partial charge in [-0.2, -0.15) is 0 Å². The molecule has 0 amide bonds. The Labute approximate surface area is 104 Å². The maximum atomic E-state index is 5.80. The van der Waals surface area contributed by atoms with Gasteiger partial charge in [-0.25, -0.2) is 0 Å². The molecule has 1 fully saturated rings. The van der Waals surface area contributed by atoms with Gasteiger partial charge >= 0.3 is 0 Å². The van der Waals surface area contributed by atoms with E-state index in [9.17, 15) is 0 Å². The summed E-state index contributed by atoms with van der Waals surface area (Å²) >= 11 is 0. The average molecular weight is 231 g/mol. The minimum Gasteiger partial charge on any atom is -0.375 e. The summed E-state index contributed by atoms with van der Waals surface area (Å²) in [6, 6.07) is 10.9. The van der Waals surface area contributed by atoms with Crippen LogP contribution in [0.4, 0.5) is 0 Å². The van der Waals surface area contributed by atoms with Crippen molar-refractivity contribution in [3.05, 3.63) is 48.6 Å². The summed E-state index contributed by atoms with van der Waals surface area (Å²) in [6.07, 6.45) is 4.52. The van der Waals surface area contributed by atoms with Crippen LogP contribution in [-0.4, -0.2) is 30.6 Å². The second-order valence-electron chi connectivity index (χ2n) is 4.58. The molecule has 2 heteroatoms. The first-order valence-corrected chi connectivity index (χ1v) is 6.37. The van der Waals surface area contributed by atoms with Crippen molar-refractivity contribution in [2.45, 2.75) is 25.5 Å². The molecule has 1 aromatic carbocycles. The van der Waals surface area contributed by atoms with Crippen molar-refractivity contribution in [2.24, 2.45) is 0 Å². The fourth-order valence-electron chi connectivity index (χ4n) is 2.38. The Balaban J connectivity index is 1.73. The number of benzene rings is 1. The van der Waals surface area contributed by atoms with Gasteiger partial charge in [0.1, 0.15) is 0 Å². The first-order chi connectivity index (χ1) is 8.40. The van der Waals surface area contributed by atoms with E-state index in [4.69, 9.17) is 4.74 Å². The lowest BCUT2D eigenvalue weighted by atomic mass is 10.2. The average Bonchev–Trinajstić information content (AvgIpc) is 2.79. The molecule has 2 nitrogen and oxygen atoms in total. The van der Waals surface area contributed by atoms with Crippen LogP contribution in [0, 0.1) is 0 Å². The summed E-state index contributed by atoms with van der Waals surface area (Å²) in [6.45, 7) is 7.53. The van der Waals surface area contributed by atoms with E-state index in [-0.39, 0.29) is 0 Å². The van der Waals surface area contributed by atoms with Crippen LogP contribution in [0.3, 0.4) is 0 Å². The largest absolute Gasteiger partial charge is 0.375 e. The molecule has 0 aromatic heterocycles. The second-order valence-corrected chi connectivity index (χ2v) is 4.58. The zero-order chi connectivity index (χ0) is 11.9. The molecule has 1 heterocycles. The number of rotatable bonds is 6. The van der Waals surface area contributed by atoms with Crippen molar-refractivity contribution in [2.75, 3.05) is 19.7 Å². The Bertz CT molecular complexity index is 336. The summed E-state index contributed by atoms with van der Waals surface area (Å²) in [7, 11) is 0. The monoisotopic (exact) mass is 231 g/mol. The van der Waals surface area contributed by atoms with Gasteiger partial charge in [0.2, 0.25) is 0 Å². The second kappa shape index (κ2) is 6.58. The Morgan fingerprint density at radius 1 is 1.35 bits per heavy atom. The minimum atomic E-state index is 0.580. The maximum absolute atomic E-state index is 5.80. The van der Waals surface area contributed by atoms with Gasteiger partial charge in [0, 0.05) is 12.6 Å². The van der Waals surface area contributed by atoms with Gasteiger partial charge in [0.15, 0.2) is 0 Å². The van der Waals surface area contributed by atoms with Crippen LogP contribution in [0.2, 0.25) is 0 Å². The van der Waals surface area contributed by atoms with Crippen LogP contribution in [0.5, 0.6) is 0 Å². The Morgan fingerprint density at radius 3 is 2.94 bits per heavy atom. The van der Waals surface area contributed by atoms with Gasteiger partial charge < -0.3 is 4.74 Å². The molecule has 0 saturated carbocycles. The summed E-state index contributed by atoms with van der Waals surface area (Å²) < 4.78 is 5.80. The summed E-state index contributed by atoms with van der Waals surface area (Å²) in [5, 5.41) is 0. The highest BCUT2D eigenvalue weighted by Crippen LogP contribution is 2.17. The van der Waals surface area contributed by atoms with Gasteiger partial charge in [0.25, 0.3) is 0 Å². The Morgan fingerprint density at radius 2 is 2.18 bits per heavy atom. The molecule has 92 valence electrons. The van der Waals surface area contributed by atoms with Crippen LogP contribution in [0.1, 0.15) is 18.4 Å². The summed E-state index contributed by atoms with van der Waals surface area (Å²) in [5.74, 6) is 0. The van der Waals surface area contributed by atoms with E-state index in [0.717, 1.165) is 19.8 Å². The fourth-order valence-corrected chi connectivity index (χ4v) is 2.38. The first kappa shape index (κ1) is 12.3. The smallest absolute Gasteiger partial charge is 0.0717 e. The molecule has 2 rings (SSSR count). The van der Waals surface area contributed by atoms with Crippen LogP contribution in [-0.2, 0) is 11.3 Å². The van der Waals surface area contributed by atoms with Crippen LogP contribution >= 0.6 is 0 Å². The molecule has 0 N–H and O–H groups in total.